The van der Waals surface area contributed by atoms with Gasteiger partial charge in [0.1, 0.15) is 5.82 Å². The van der Waals surface area contributed by atoms with Crippen molar-refractivity contribution in [3.63, 3.8) is 0 Å². The molecular weight excluding hydrogens is 369 g/mol. The third kappa shape index (κ3) is 5.01. The molecule has 0 spiro atoms. The van der Waals surface area contributed by atoms with Gasteiger partial charge in [0.05, 0.1) is 11.1 Å². The molecule has 28 heavy (non-hydrogen) atoms. The van der Waals surface area contributed by atoms with E-state index in [1.165, 1.54) is 18.3 Å². The molecule has 1 aromatic carbocycles. The van der Waals surface area contributed by atoms with Crippen LogP contribution in [0, 0.1) is 0 Å². The summed E-state index contributed by atoms with van der Waals surface area (Å²) in [5, 5.41) is 5.86. The molecule has 0 radical (unpaired) electrons. The third-order valence-electron chi connectivity index (χ3n) is 4.87. The molecule has 1 aliphatic heterocycles. The van der Waals surface area contributed by atoms with E-state index in [-0.39, 0.29) is 23.5 Å². The minimum Gasteiger partial charge on any atom is -0.349 e. The van der Waals surface area contributed by atoms with Crippen molar-refractivity contribution in [2.24, 2.45) is 0 Å². The zero-order valence-corrected chi connectivity index (χ0v) is 15.6. The Morgan fingerprint density at radius 3 is 2.64 bits per heavy atom. The van der Waals surface area contributed by atoms with Gasteiger partial charge in [-0.25, -0.2) is 4.98 Å². The van der Waals surface area contributed by atoms with Crippen LogP contribution in [0.4, 0.5) is 24.7 Å². The van der Waals surface area contributed by atoms with Gasteiger partial charge in [-0.05, 0) is 49.7 Å². The SMILES string of the molecule is CCN1CCC(NC(=O)c2cccnc2Nc2cccc(C(F)(F)F)c2)CC1. The number of benzene rings is 1. The molecule has 0 saturated carbocycles. The topological polar surface area (TPSA) is 57.3 Å². The molecule has 3 rings (SSSR count). The predicted molar refractivity (Wildman–Crippen MR) is 102 cm³/mol. The maximum absolute atomic E-state index is 12.9. The average molecular weight is 392 g/mol. The number of amides is 1. The van der Waals surface area contributed by atoms with Gasteiger partial charge in [0.25, 0.3) is 5.91 Å². The van der Waals surface area contributed by atoms with E-state index in [2.05, 4.69) is 27.4 Å². The van der Waals surface area contributed by atoms with Crippen LogP contribution in [0.2, 0.25) is 0 Å². The number of halogens is 3. The quantitative estimate of drug-likeness (QED) is 0.806. The maximum atomic E-state index is 12.9. The standard InChI is InChI=1S/C20H23F3N4O/c1-2-27-11-8-15(9-12-27)26-19(28)17-7-4-10-24-18(17)25-16-6-3-5-14(13-16)20(21,22)23/h3-7,10,13,15H,2,8-9,11-12H2,1H3,(H,24,25)(H,26,28). The molecule has 150 valence electrons. The van der Waals surface area contributed by atoms with Crippen LogP contribution in [0.3, 0.4) is 0 Å². The van der Waals surface area contributed by atoms with Crippen molar-refractivity contribution in [2.45, 2.75) is 32.0 Å². The lowest BCUT2D eigenvalue weighted by atomic mass is 10.0. The van der Waals surface area contributed by atoms with Crippen LogP contribution in [0.15, 0.2) is 42.6 Å². The molecule has 8 heteroatoms. The van der Waals surface area contributed by atoms with E-state index < -0.39 is 11.7 Å². The monoisotopic (exact) mass is 392 g/mol. The summed E-state index contributed by atoms with van der Waals surface area (Å²) in [6.45, 7) is 4.97. The van der Waals surface area contributed by atoms with Crippen LogP contribution in [-0.2, 0) is 6.18 Å². The minimum absolute atomic E-state index is 0.0805. The summed E-state index contributed by atoms with van der Waals surface area (Å²) in [4.78, 5) is 19.2. The number of pyridine rings is 1. The Morgan fingerprint density at radius 1 is 1.21 bits per heavy atom. The number of piperidine rings is 1. The lowest BCUT2D eigenvalue weighted by Gasteiger charge is -2.31. The number of hydrogen-bond donors (Lipinski definition) is 2. The van der Waals surface area contributed by atoms with Crippen LogP contribution in [0.5, 0.6) is 0 Å². The lowest BCUT2D eigenvalue weighted by Crippen LogP contribution is -2.44. The van der Waals surface area contributed by atoms with Crippen LogP contribution in [0.25, 0.3) is 0 Å². The van der Waals surface area contributed by atoms with E-state index in [1.807, 2.05) is 0 Å². The number of hydrogen-bond acceptors (Lipinski definition) is 4. The molecule has 0 atom stereocenters. The molecular formula is C20H23F3N4O. The van der Waals surface area contributed by atoms with E-state index in [0.29, 0.717) is 5.56 Å². The van der Waals surface area contributed by atoms with Crippen molar-refractivity contribution >= 4 is 17.4 Å². The third-order valence-corrected chi connectivity index (χ3v) is 4.87. The summed E-state index contributed by atoms with van der Waals surface area (Å²) < 4.78 is 38.8. The highest BCUT2D eigenvalue weighted by Gasteiger charge is 2.30. The molecule has 1 saturated heterocycles. The number of carbonyl (C=O) groups is 1. The molecule has 1 fully saturated rings. The molecule has 1 aromatic heterocycles. The molecule has 0 aliphatic carbocycles. The second-order valence-corrected chi connectivity index (χ2v) is 6.79. The fourth-order valence-corrected chi connectivity index (χ4v) is 3.25. The van der Waals surface area contributed by atoms with Crippen molar-refractivity contribution < 1.29 is 18.0 Å². The van der Waals surface area contributed by atoms with Crippen molar-refractivity contribution in [3.8, 4) is 0 Å². The first-order valence-corrected chi connectivity index (χ1v) is 9.29. The molecule has 2 aromatic rings. The van der Waals surface area contributed by atoms with Gasteiger partial charge in [0.2, 0.25) is 0 Å². The zero-order valence-electron chi connectivity index (χ0n) is 15.6. The van der Waals surface area contributed by atoms with Crippen LogP contribution in [-0.4, -0.2) is 41.5 Å². The van der Waals surface area contributed by atoms with Crippen molar-refractivity contribution in [2.75, 3.05) is 25.0 Å². The van der Waals surface area contributed by atoms with Gasteiger partial charge < -0.3 is 15.5 Å². The maximum Gasteiger partial charge on any atom is 0.416 e. The van der Waals surface area contributed by atoms with E-state index in [4.69, 9.17) is 0 Å². The van der Waals surface area contributed by atoms with E-state index in [9.17, 15) is 18.0 Å². The minimum atomic E-state index is -4.44. The van der Waals surface area contributed by atoms with Gasteiger partial charge in [-0.15, -0.1) is 0 Å². The Bertz CT molecular complexity index is 817. The molecule has 2 N–H and O–H groups in total. The Balaban J connectivity index is 1.72. The highest BCUT2D eigenvalue weighted by molar-refractivity contribution is 5.99. The summed E-state index contributed by atoms with van der Waals surface area (Å²) in [7, 11) is 0. The van der Waals surface area contributed by atoms with Gasteiger partial charge in [-0.3, -0.25) is 4.79 Å². The van der Waals surface area contributed by atoms with Crippen molar-refractivity contribution in [3.05, 3.63) is 53.7 Å². The predicted octanol–water partition coefficient (Wildman–Crippen LogP) is 4.06. The highest BCUT2D eigenvalue weighted by atomic mass is 19.4. The fourth-order valence-electron chi connectivity index (χ4n) is 3.25. The Hall–Kier alpha value is -2.61. The fraction of sp³-hybridized carbons (Fsp3) is 0.400. The van der Waals surface area contributed by atoms with E-state index >= 15 is 0 Å². The first-order valence-electron chi connectivity index (χ1n) is 9.29. The molecule has 0 bridgehead atoms. The first-order chi connectivity index (χ1) is 13.4. The molecule has 0 unspecified atom stereocenters. The van der Waals surface area contributed by atoms with E-state index in [0.717, 1.165) is 44.6 Å². The van der Waals surface area contributed by atoms with E-state index in [1.54, 1.807) is 12.1 Å². The smallest absolute Gasteiger partial charge is 0.349 e. The summed E-state index contributed by atoms with van der Waals surface area (Å²) in [5.74, 6) is -0.0529. The molecule has 5 nitrogen and oxygen atoms in total. The van der Waals surface area contributed by atoms with Crippen LogP contribution < -0.4 is 10.6 Å². The van der Waals surface area contributed by atoms with Gasteiger partial charge in [0, 0.05) is 31.0 Å². The van der Waals surface area contributed by atoms with Crippen molar-refractivity contribution in [1.29, 1.82) is 0 Å². The van der Waals surface area contributed by atoms with Crippen LogP contribution >= 0.6 is 0 Å². The highest BCUT2D eigenvalue weighted by Crippen LogP contribution is 2.31. The van der Waals surface area contributed by atoms with Gasteiger partial charge >= 0.3 is 6.18 Å². The van der Waals surface area contributed by atoms with Crippen LogP contribution in [0.1, 0.15) is 35.7 Å². The first kappa shape index (κ1) is 20.1. The average Bonchev–Trinajstić information content (AvgIpc) is 2.68. The number of carbonyl (C=O) groups excluding carboxylic acids is 1. The normalized spacial score (nSPS) is 16.0. The second kappa shape index (κ2) is 8.60. The molecule has 1 amide bonds. The number of likely N-dealkylation sites (tertiary alicyclic amines) is 1. The summed E-state index contributed by atoms with van der Waals surface area (Å²) in [6.07, 6.45) is -1.20. The lowest BCUT2D eigenvalue weighted by molar-refractivity contribution is -0.137. The number of aromatic nitrogens is 1. The number of anilines is 2. The Labute approximate surface area is 162 Å². The van der Waals surface area contributed by atoms with Gasteiger partial charge in [0.15, 0.2) is 0 Å². The van der Waals surface area contributed by atoms with Gasteiger partial charge in [-0.1, -0.05) is 13.0 Å². The Morgan fingerprint density at radius 2 is 1.96 bits per heavy atom. The zero-order chi connectivity index (χ0) is 20.1. The Kier molecular flexibility index (Phi) is 6.18. The number of alkyl halides is 3. The second-order valence-electron chi connectivity index (χ2n) is 6.79. The van der Waals surface area contributed by atoms with Gasteiger partial charge in [-0.2, -0.15) is 13.2 Å². The molecule has 1 aliphatic rings. The molecule has 2 heterocycles. The number of nitrogens with one attached hydrogen (secondary N) is 2. The largest absolute Gasteiger partial charge is 0.416 e. The van der Waals surface area contributed by atoms with Crippen molar-refractivity contribution in [1.82, 2.24) is 15.2 Å². The number of rotatable bonds is 5. The number of nitrogens with zero attached hydrogens (tertiary/aromatic N) is 2. The summed E-state index contributed by atoms with van der Waals surface area (Å²) in [5.41, 5.74) is -0.237. The summed E-state index contributed by atoms with van der Waals surface area (Å²) >= 11 is 0. The summed E-state index contributed by atoms with van der Waals surface area (Å²) in [6, 6.07) is 8.14.